The van der Waals surface area contributed by atoms with Crippen molar-refractivity contribution in [2.24, 2.45) is 0 Å². The van der Waals surface area contributed by atoms with E-state index in [0.29, 0.717) is 26.3 Å². The number of likely N-dealkylation sites (tertiary alicyclic amines) is 1. The fourth-order valence-electron chi connectivity index (χ4n) is 2.42. The molecule has 0 unspecified atom stereocenters. The van der Waals surface area contributed by atoms with E-state index in [9.17, 15) is 4.79 Å². The zero-order chi connectivity index (χ0) is 12.3. The van der Waals surface area contributed by atoms with Crippen molar-refractivity contribution in [3.05, 3.63) is 0 Å². The molecule has 98 valence electrons. The second-order valence-electron chi connectivity index (χ2n) is 4.96. The summed E-state index contributed by atoms with van der Waals surface area (Å²) >= 11 is 0. The fourth-order valence-corrected chi connectivity index (χ4v) is 2.42. The minimum absolute atomic E-state index is 0.0553. The minimum Gasteiger partial charge on any atom is -0.462 e. The molecule has 0 saturated carbocycles. The van der Waals surface area contributed by atoms with Crippen LogP contribution < -0.4 is 0 Å². The molecule has 0 atom stereocenters. The van der Waals surface area contributed by atoms with Crippen LogP contribution >= 0.6 is 0 Å². The van der Waals surface area contributed by atoms with Gasteiger partial charge < -0.3 is 14.2 Å². The molecule has 2 heterocycles. The van der Waals surface area contributed by atoms with Crippen molar-refractivity contribution in [2.75, 3.05) is 32.8 Å². The fraction of sp³-hybridized carbons (Fsp3) is 0.917. The SMILES string of the molecule is CC(C)OC(=O)CN1CCCC2(C1)OCCO2. The Labute approximate surface area is 102 Å². The summed E-state index contributed by atoms with van der Waals surface area (Å²) < 4.78 is 16.5. The van der Waals surface area contributed by atoms with Crippen molar-refractivity contribution in [1.29, 1.82) is 0 Å². The summed E-state index contributed by atoms with van der Waals surface area (Å²) in [4.78, 5) is 13.6. The van der Waals surface area contributed by atoms with E-state index in [2.05, 4.69) is 4.90 Å². The third-order valence-corrected chi connectivity index (χ3v) is 3.03. The number of nitrogens with zero attached hydrogens (tertiary/aromatic N) is 1. The lowest BCUT2D eigenvalue weighted by molar-refractivity contribution is -0.191. The number of carbonyl (C=O) groups is 1. The minimum atomic E-state index is -0.462. The van der Waals surface area contributed by atoms with E-state index in [4.69, 9.17) is 14.2 Å². The van der Waals surface area contributed by atoms with Crippen molar-refractivity contribution in [3.63, 3.8) is 0 Å². The number of esters is 1. The average molecular weight is 243 g/mol. The Bertz CT molecular complexity index is 274. The smallest absolute Gasteiger partial charge is 0.320 e. The van der Waals surface area contributed by atoms with Crippen molar-refractivity contribution < 1.29 is 19.0 Å². The van der Waals surface area contributed by atoms with Crippen molar-refractivity contribution in [1.82, 2.24) is 4.90 Å². The number of piperidine rings is 1. The van der Waals surface area contributed by atoms with Crippen LogP contribution in [-0.2, 0) is 19.0 Å². The first-order valence-corrected chi connectivity index (χ1v) is 6.29. The quantitative estimate of drug-likeness (QED) is 0.685. The van der Waals surface area contributed by atoms with Crippen LogP contribution in [0.2, 0.25) is 0 Å². The van der Waals surface area contributed by atoms with E-state index in [1.807, 2.05) is 13.8 Å². The second kappa shape index (κ2) is 5.33. The van der Waals surface area contributed by atoms with E-state index in [1.54, 1.807) is 0 Å². The van der Waals surface area contributed by atoms with Gasteiger partial charge in [0.15, 0.2) is 5.79 Å². The standard InChI is InChI=1S/C12H21NO4/c1-10(2)17-11(14)8-13-5-3-4-12(9-13)15-6-7-16-12/h10H,3-9H2,1-2H3. The summed E-state index contributed by atoms with van der Waals surface area (Å²) in [6, 6.07) is 0. The molecule has 2 rings (SSSR count). The summed E-state index contributed by atoms with van der Waals surface area (Å²) in [5, 5.41) is 0. The number of hydrogen-bond donors (Lipinski definition) is 0. The molecule has 2 fully saturated rings. The molecule has 0 aliphatic carbocycles. The highest BCUT2D eigenvalue weighted by atomic mass is 16.7. The molecular formula is C12H21NO4. The molecule has 0 bridgehead atoms. The zero-order valence-electron chi connectivity index (χ0n) is 10.6. The van der Waals surface area contributed by atoms with E-state index in [1.165, 1.54) is 0 Å². The van der Waals surface area contributed by atoms with Gasteiger partial charge in [0, 0.05) is 6.42 Å². The van der Waals surface area contributed by atoms with Crippen LogP contribution in [0.15, 0.2) is 0 Å². The lowest BCUT2D eigenvalue weighted by Gasteiger charge is -2.38. The first kappa shape index (κ1) is 12.8. The summed E-state index contributed by atoms with van der Waals surface area (Å²) in [6.07, 6.45) is 1.86. The molecule has 2 saturated heterocycles. The van der Waals surface area contributed by atoms with Gasteiger partial charge in [-0.2, -0.15) is 0 Å². The highest BCUT2D eigenvalue weighted by Gasteiger charge is 2.41. The molecule has 0 aromatic carbocycles. The summed E-state index contributed by atoms with van der Waals surface area (Å²) in [6.45, 7) is 6.93. The lowest BCUT2D eigenvalue weighted by atomic mass is 10.0. The molecule has 5 heteroatoms. The Morgan fingerprint density at radius 1 is 1.41 bits per heavy atom. The molecule has 0 aromatic rings. The van der Waals surface area contributed by atoms with Crippen molar-refractivity contribution >= 4 is 5.97 Å². The number of ether oxygens (including phenoxy) is 3. The predicted octanol–water partition coefficient (Wildman–Crippen LogP) is 0.777. The van der Waals surface area contributed by atoms with Crippen LogP contribution in [0.3, 0.4) is 0 Å². The maximum atomic E-state index is 11.6. The van der Waals surface area contributed by atoms with Gasteiger partial charge in [0.2, 0.25) is 0 Å². The summed E-state index contributed by atoms with van der Waals surface area (Å²) in [5.74, 6) is -0.633. The van der Waals surface area contributed by atoms with Crippen LogP contribution in [0, 0.1) is 0 Å². The molecule has 17 heavy (non-hydrogen) atoms. The van der Waals surface area contributed by atoms with Crippen LogP contribution in [0.4, 0.5) is 0 Å². The maximum absolute atomic E-state index is 11.6. The van der Waals surface area contributed by atoms with E-state index in [-0.39, 0.29) is 12.1 Å². The predicted molar refractivity (Wildman–Crippen MR) is 61.5 cm³/mol. The van der Waals surface area contributed by atoms with Gasteiger partial charge in [-0.1, -0.05) is 0 Å². The molecule has 0 radical (unpaired) electrons. The van der Waals surface area contributed by atoms with Crippen LogP contribution in [0.1, 0.15) is 26.7 Å². The molecule has 0 amide bonds. The summed E-state index contributed by atoms with van der Waals surface area (Å²) in [7, 11) is 0. The molecule has 0 aromatic heterocycles. The Morgan fingerprint density at radius 3 is 2.76 bits per heavy atom. The van der Waals surface area contributed by atoms with Gasteiger partial charge in [0.05, 0.1) is 32.4 Å². The topological polar surface area (TPSA) is 48.0 Å². The molecule has 1 spiro atoms. The molecule has 2 aliphatic rings. The van der Waals surface area contributed by atoms with Gasteiger partial charge >= 0.3 is 5.97 Å². The van der Waals surface area contributed by atoms with E-state index in [0.717, 1.165) is 19.4 Å². The van der Waals surface area contributed by atoms with E-state index < -0.39 is 5.79 Å². The van der Waals surface area contributed by atoms with Gasteiger partial charge in [0.25, 0.3) is 0 Å². The van der Waals surface area contributed by atoms with Crippen molar-refractivity contribution in [3.8, 4) is 0 Å². The van der Waals surface area contributed by atoms with Gasteiger partial charge in [-0.05, 0) is 26.8 Å². The molecule has 5 nitrogen and oxygen atoms in total. The van der Waals surface area contributed by atoms with Crippen LogP contribution in [-0.4, -0.2) is 55.6 Å². The van der Waals surface area contributed by atoms with Gasteiger partial charge in [-0.25, -0.2) is 0 Å². The maximum Gasteiger partial charge on any atom is 0.320 e. The number of hydrogen-bond acceptors (Lipinski definition) is 5. The van der Waals surface area contributed by atoms with Gasteiger partial charge in [0.1, 0.15) is 0 Å². The third-order valence-electron chi connectivity index (χ3n) is 3.03. The number of rotatable bonds is 3. The summed E-state index contributed by atoms with van der Waals surface area (Å²) in [5.41, 5.74) is 0. The zero-order valence-corrected chi connectivity index (χ0v) is 10.6. The lowest BCUT2D eigenvalue weighted by Crippen LogP contribution is -2.50. The highest BCUT2D eigenvalue weighted by Crippen LogP contribution is 2.29. The Balaban J connectivity index is 1.83. The molecular weight excluding hydrogens is 222 g/mol. The third kappa shape index (κ3) is 3.40. The normalized spacial score (nSPS) is 24.4. The van der Waals surface area contributed by atoms with Crippen molar-refractivity contribution in [2.45, 2.75) is 38.6 Å². The first-order valence-electron chi connectivity index (χ1n) is 6.29. The largest absolute Gasteiger partial charge is 0.462 e. The highest BCUT2D eigenvalue weighted by molar-refractivity contribution is 5.71. The van der Waals surface area contributed by atoms with Crippen LogP contribution in [0.25, 0.3) is 0 Å². The molecule has 2 aliphatic heterocycles. The monoisotopic (exact) mass is 243 g/mol. The van der Waals surface area contributed by atoms with Crippen LogP contribution in [0.5, 0.6) is 0 Å². The van der Waals surface area contributed by atoms with Gasteiger partial charge in [-0.15, -0.1) is 0 Å². The first-order chi connectivity index (χ1) is 8.10. The Hall–Kier alpha value is -0.650. The second-order valence-corrected chi connectivity index (χ2v) is 4.96. The number of carbonyl (C=O) groups excluding carboxylic acids is 1. The Morgan fingerprint density at radius 2 is 2.12 bits per heavy atom. The van der Waals surface area contributed by atoms with E-state index >= 15 is 0 Å². The Kier molecular flexibility index (Phi) is 4.01. The average Bonchev–Trinajstić information content (AvgIpc) is 2.64. The van der Waals surface area contributed by atoms with Gasteiger partial charge in [-0.3, -0.25) is 9.69 Å². The molecule has 0 N–H and O–H groups in total.